The van der Waals surface area contributed by atoms with E-state index in [0.29, 0.717) is 30.3 Å². The summed E-state index contributed by atoms with van der Waals surface area (Å²) in [5.74, 6) is 0.278. The molecule has 0 aliphatic heterocycles. The lowest BCUT2D eigenvalue weighted by molar-refractivity contribution is -0.141. The normalized spacial score (nSPS) is 12.3. The van der Waals surface area contributed by atoms with Crippen LogP contribution in [0.25, 0.3) is 0 Å². The van der Waals surface area contributed by atoms with E-state index in [0.717, 1.165) is 4.47 Å². The van der Waals surface area contributed by atoms with Crippen molar-refractivity contribution in [1.82, 2.24) is 4.72 Å². The zero-order chi connectivity index (χ0) is 21.4. The van der Waals surface area contributed by atoms with E-state index in [1.165, 1.54) is 19.2 Å². The Bertz CT molecular complexity index is 930. The van der Waals surface area contributed by atoms with Gasteiger partial charge in [0.15, 0.2) is 11.5 Å². The molecule has 0 heterocycles. The van der Waals surface area contributed by atoms with Crippen molar-refractivity contribution >= 4 is 31.9 Å². The molecule has 7 nitrogen and oxygen atoms in total. The molecule has 2 aromatic rings. The summed E-state index contributed by atoms with van der Waals surface area (Å²) in [6.07, 6.45) is -0.146. The molecule has 0 aromatic heterocycles. The van der Waals surface area contributed by atoms with Gasteiger partial charge in [0, 0.05) is 10.5 Å². The van der Waals surface area contributed by atoms with Gasteiger partial charge in [0.2, 0.25) is 10.0 Å². The first kappa shape index (κ1) is 23.2. The zero-order valence-corrected chi connectivity index (χ0v) is 18.9. The minimum atomic E-state index is -3.95. The standard InChI is InChI=1S/C20H24BrNO6S/c1-4-27-18-11-10-16(12-19(18)28-5-2)29(24,25)22-17(13-20(23)26-3)14-6-8-15(21)9-7-14/h6-12,17,22H,4-5,13H2,1-3H3. The summed E-state index contributed by atoms with van der Waals surface area (Å²) in [6.45, 7) is 4.42. The number of hydrogen-bond acceptors (Lipinski definition) is 6. The number of esters is 1. The largest absolute Gasteiger partial charge is 0.490 e. The quantitative estimate of drug-likeness (QED) is 0.514. The molecule has 0 spiro atoms. The highest BCUT2D eigenvalue weighted by Crippen LogP contribution is 2.31. The van der Waals surface area contributed by atoms with E-state index < -0.39 is 22.0 Å². The molecule has 0 radical (unpaired) electrons. The van der Waals surface area contributed by atoms with Crippen molar-refractivity contribution in [3.8, 4) is 11.5 Å². The lowest BCUT2D eigenvalue weighted by Gasteiger charge is -2.19. The third-order valence-corrected chi connectivity index (χ3v) is 5.99. The van der Waals surface area contributed by atoms with Gasteiger partial charge >= 0.3 is 5.97 Å². The number of methoxy groups -OCH3 is 1. The summed E-state index contributed by atoms with van der Waals surface area (Å²) in [5.41, 5.74) is 0.637. The van der Waals surface area contributed by atoms with Gasteiger partial charge in [-0.05, 0) is 43.7 Å². The maximum Gasteiger partial charge on any atom is 0.307 e. The van der Waals surface area contributed by atoms with E-state index in [9.17, 15) is 13.2 Å². The molecule has 2 rings (SSSR count). The molecule has 1 atom stereocenters. The Labute approximate surface area is 179 Å². The van der Waals surface area contributed by atoms with E-state index >= 15 is 0 Å². The van der Waals surface area contributed by atoms with Crippen molar-refractivity contribution in [2.45, 2.75) is 31.2 Å². The second-order valence-electron chi connectivity index (χ2n) is 5.98. The Kier molecular flexibility index (Phi) is 8.48. The first-order valence-electron chi connectivity index (χ1n) is 9.05. The van der Waals surface area contributed by atoms with Crippen LogP contribution in [0.3, 0.4) is 0 Å². The average Bonchev–Trinajstić information content (AvgIpc) is 2.69. The monoisotopic (exact) mass is 485 g/mol. The van der Waals surface area contributed by atoms with E-state index in [1.807, 2.05) is 6.92 Å². The van der Waals surface area contributed by atoms with Crippen molar-refractivity contribution in [3.63, 3.8) is 0 Å². The lowest BCUT2D eigenvalue weighted by Crippen LogP contribution is -2.30. The van der Waals surface area contributed by atoms with Gasteiger partial charge in [-0.3, -0.25) is 4.79 Å². The van der Waals surface area contributed by atoms with Crippen LogP contribution in [0, 0.1) is 0 Å². The maximum absolute atomic E-state index is 13.0. The molecule has 1 unspecified atom stereocenters. The molecule has 2 aromatic carbocycles. The minimum absolute atomic E-state index is 0.0105. The first-order valence-corrected chi connectivity index (χ1v) is 11.3. The molecule has 29 heavy (non-hydrogen) atoms. The maximum atomic E-state index is 13.0. The molecule has 1 N–H and O–H groups in total. The van der Waals surface area contributed by atoms with Crippen molar-refractivity contribution in [1.29, 1.82) is 0 Å². The highest BCUT2D eigenvalue weighted by molar-refractivity contribution is 9.10. The van der Waals surface area contributed by atoms with Gasteiger partial charge in [-0.25, -0.2) is 13.1 Å². The Balaban J connectivity index is 2.37. The van der Waals surface area contributed by atoms with Crippen LogP contribution in [0.2, 0.25) is 0 Å². The molecule has 0 fully saturated rings. The number of rotatable bonds is 10. The van der Waals surface area contributed by atoms with Crippen LogP contribution in [0.1, 0.15) is 31.9 Å². The Morgan fingerprint density at radius 2 is 1.66 bits per heavy atom. The molecule has 0 saturated heterocycles. The number of carbonyl (C=O) groups is 1. The fraction of sp³-hybridized carbons (Fsp3) is 0.350. The molecular weight excluding hydrogens is 462 g/mol. The summed E-state index contributed by atoms with van der Waals surface area (Å²) in [6, 6.07) is 10.6. The fourth-order valence-corrected chi connectivity index (χ4v) is 4.13. The number of halogens is 1. The van der Waals surface area contributed by atoms with E-state index in [2.05, 4.69) is 20.7 Å². The summed E-state index contributed by atoms with van der Waals surface area (Å²) in [5, 5.41) is 0. The highest BCUT2D eigenvalue weighted by atomic mass is 79.9. The Hall–Kier alpha value is -2.10. The smallest absolute Gasteiger partial charge is 0.307 e. The number of sulfonamides is 1. The van der Waals surface area contributed by atoms with Gasteiger partial charge < -0.3 is 14.2 Å². The number of benzene rings is 2. The molecule has 0 saturated carbocycles. The lowest BCUT2D eigenvalue weighted by atomic mass is 10.1. The van der Waals surface area contributed by atoms with Gasteiger partial charge in [0.25, 0.3) is 0 Å². The van der Waals surface area contributed by atoms with Crippen molar-refractivity contribution in [2.75, 3.05) is 20.3 Å². The van der Waals surface area contributed by atoms with Gasteiger partial charge in [0.05, 0.1) is 37.7 Å². The SMILES string of the molecule is CCOc1ccc(S(=O)(=O)NC(CC(=O)OC)c2ccc(Br)cc2)cc1OCC. The van der Waals surface area contributed by atoms with Crippen molar-refractivity contribution in [2.24, 2.45) is 0 Å². The average molecular weight is 486 g/mol. The predicted molar refractivity (Wildman–Crippen MR) is 113 cm³/mol. The van der Waals surface area contributed by atoms with Gasteiger partial charge in [-0.15, -0.1) is 0 Å². The summed E-state index contributed by atoms with van der Waals surface area (Å²) >= 11 is 3.34. The van der Waals surface area contributed by atoms with E-state index in [-0.39, 0.29) is 11.3 Å². The van der Waals surface area contributed by atoms with Gasteiger partial charge in [-0.1, -0.05) is 28.1 Å². The predicted octanol–water partition coefficient (Wildman–Crippen LogP) is 3.83. The van der Waals surface area contributed by atoms with E-state index in [4.69, 9.17) is 14.2 Å². The van der Waals surface area contributed by atoms with Crippen LogP contribution in [0.4, 0.5) is 0 Å². The summed E-state index contributed by atoms with van der Waals surface area (Å²) < 4.78 is 45.2. The van der Waals surface area contributed by atoms with Gasteiger partial charge in [-0.2, -0.15) is 0 Å². The Morgan fingerprint density at radius 1 is 1.03 bits per heavy atom. The van der Waals surface area contributed by atoms with E-state index in [1.54, 1.807) is 37.3 Å². The third-order valence-electron chi connectivity index (χ3n) is 3.99. The van der Waals surface area contributed by atoms with Crippen molar-refractivity contribution in [3.05, 3.63) is 52.5 Å². The number of hydrogen-bond donors (Lipinski definition) is 1. The van der Waals surface area contributed by atoms with Crippen LogP contribution in [0.15, 0.2) is 51.8 Å². The second-order valence-corrected chi connectivity index (χ2v) is 8.61. The molecule has 0 aliphatic rings. The number of nitrogens with one attached hydrogen (secondary N) is 1. The Morgan fingerprint density at radius 3 is 2.24 bits per heavy atom. The van der Waals surface area contributed by atoms with Crippen LogP contribution in [-0.4, -0.2) is 34.7 Å². The van der Waals surface area contributed by atoms with Crippen LogP contribution < -0.4 is 14.2 Å². The molecule has 9 heteroatoms. The topological polar surface area (TPSA) is 90.9 Å². The van der Waals surface area contributed by atoms with Crippen LogP contribution in [-0.2, 0) is 19.6 Å². The summed E-state index contributed by atoms with van der Waals surface area (Å²) in [4.78, 5) is 11.8. The molecule has 0 aliphatic carbocycles. The molecule has 158 valence electrons. The third kappa shape index (κ3) is 6.45. The van der Waals surface area contributed by atoms with Crippen LogP contribution >= 0.6 is 15.9 Å². The first-order chi connectivity index (χ1) is 13.8. The second kappa shape index (κ2) is 10.6. The minimum Gasteiger partial charge on any atom is -0.490 e. The molecule has 0 amide bonds. The van der Waals surface area contributed by atoms with Crippen molar-refractivity contribution < 1.29 is 27.4 Å². The molecular formula is C20H24BrNO6S. The molecule has 0 bridgehead atoms. The fourth-order valence-electron chi connectivity index (χ4n) is 2.63. The highest BCUT2D eigenvalue weighted by Gasteiger charge is 2.25. The number of carbonyl (C=O) groups excluding carboxylic acids is 1. The number of ether oxygens (including phenoxy) is 3. The summed E-state index contributed by atoms with van der Waals surface area (Å²) in [7, 11) is -2.69. The van der Waals surface area contributed by atoms with Gasteiger partial charge in [0.1, 0.15) is 0 Å². The zero-order valence-electron chi connectivity index (χ0n) is 16.5. The van der Waals surface area contributed by atoms with Crippen LogP contribution in [0.5, 0.6) is 11.5 Å².